The van der Waals surface area contributed by atoms with Crippen LogP contribution in [0.15, 0.2) is 48.4 Å². The van der Waals surface area contributed by atoms with Crippen LogP contribution in [0.3, 0.4) is 0 Å². The van der Waals surface area contributed by atoms with Gasteiger partial charge >= 0.3 is 0 Å². The molecule has 1 aromatic carbocycles. The van der Waals surface area contributed by atoms with E-state index < -0.39 is 28.8 Å². The van der Waals surface area contributed by atoms with E-state index in [1.807, 2.05) is 31.3 Å². The molecule has 2 aromatic rings. The van der Waals surface area contributed by atoms with Crippen molar-refractivity contribution in [1.82, 2.24) is 14.9 Å². The van der Waals surface area contributed by atoms with Crippen LogP contribution in [-0.4, -0.2) is 68.6 Å². The number of ether oxygens (including phenoxy) is 1. The summed E-state index contributed by atoms with van der Waals surface area (Å²) >= 11 is 0. The number of aromatic nitrogens is 2. The van der Waals surface area contributed by atoms with Crippen LogP contribution in [0.25, 0.3) is 16.5 Å². The van der Waals surface area contributed by atoms with Crippen LogP contribution >= 0.6 is 0 Å². The Labute approximate surface area is 217 Å². The average molecular weight is 499 g/mol. The van der Waals surface area contributed by atoms with E-state index in [4.69, 9.17) is 4.74 Å². The number of allylic oxidation sites excluding steroid dienone is 2. The van der Waals surface area contributed by atoms with Gasteiger partial charge in [0.1, 0.15) is 17.8 Å². The first kappa shape index (κ1) is 23.5. The maximum absolute atomic E-state index is 11.3. The van der Waals surface area contributed by atoms with Crippen LogP contribution in [-0.2, 0) is 4.74 Å². The first-order valence-electron chi connectivity index (χ1n) is 13.5. The highest BCUT2D eigenvalue weighted by atomic mass is 16.5. The minimum atomic E-state index is -1.02. The molecule has 2 bridgehead atoms. The van der Waals surface area contributed by atoms with Crippen molar-refractivity contribution < 1.29 is 14.9 Å². The normalized spacial score (nSPS) is 44.0. The van der Waals surface area contributed by atoms with Crippen LogP contribution in [0.2, 0.25) is 0 Å². The minimum absolute atomic E-state index is 0.133. The maximum Gasteiger partial charge on any atom is 0.116 e. The lowest BCUT2D eigenvalue weighted by molar-refractivity contribution is -0.223. The fraction of sp³-hybridized carbons (Fsp3) is 0.567. The molecular weight excluding hydrogens is 464 g/mol. The van der Waals surface area contributed by atoms with Crippen molar-refractivity contribution in [3.05, 3.63) is 54.0 Å². The van der Waals surface area contributed by atoms with Crippen molar-refractivity contribution >= 4 is 16.5 Å². The molecule has 0 amide bonds. The summed E-state index contributed by atoms with van der Waals surface area (Å²) in [6, 6.07) is 8.92. The molecule has 192 valence electrons. The molecule has 2 saturated carbocycles. The molecular formula is C30H34N4O3. The first-order valence-corrected chi connectivity index (χ1v) is 13.5. The van der Waals surface area contributed by atoms with Crippen molar-refractivity contribution in [3.63, 3.8) is 0 Å². The van der Waals surface area contributed by atoms with E-state index >= 15 is 0 Å². The molecule has 0 radical (unpaired) electrons. The topological polar surface area (TPSA) is 102 Å². The number of fused-ring (bicyclic) bond motifs is 2. The Morgan fingerprint density at radius 2 is 2.00 bits per heavy atom. The molecule has 2 aliphatic heterocycles. The molecule has 7 rings (SSSR count). The number of likely N-dealkylation sites (N-methyl/N-ethyl adjacent to an activating group) is 1. The van der Waals surface area contributed by atoms with E-state index in [-0.39, 0.29) is 17.4 Å². The van der Waals surface area contributed by atoms with E-state index in [1.165, 1.54) is 11.1 Å². The van der Waals surface area contributed by atoms with Gasteiger partial charge in [-0.1, -0.05) is 31.2 Å². The second-order valence-corrected chi connectivity index (χ2v) is 12.5. The van der Waals surface area contributed by atoms with Crippen molar-refractivity contribution in [2.24, 2.45) is 16.7 Å². The fourth-order valence-corrected chi connectivity index (χ4v) is 8.83. The van der Waals surface area contributed by atoms with Gasteiger partial charge in [0.2, 0.25) is 0 Å². The van der Waals surface area contributed by atoms with E-state index in [2.05, 4.69) is 47.2 Å². The molecule has 7 nitrogen and oxygen atoms in total. The Balaban J connectivity index is 1.32. The number of hydrogen-bond donors (Lipinski definition) is 2. The molecule has 3 heterocycles. The molecule has 1 aromatic heterocycles. The highest BCUT2D eigenvalue weighted by molar-refractivity contribution is 5.84. The number of rotatable bonds is 2. The van der Waals surface area contributed by atoms with Crippen molar-refractivity contribution in [2.75, 3.05) is 14.1 Å². The summed E-state index contributed by atoms with van der Waals surface area (Å²) in [5, 5.41) is 34.0. The SMILES string of the molecule is CN(C)[C@H]1C[C@@]23CC[C@]4(O2)C2CC=C(c5ccc6cncnc6c5)[C@@]2(C)CCC4(C#N)C=C3[C@@H](O)[C@@H]1O. The monoisotopic (exact) mass is 498 g/mol. The standard InChI is InChI=1S/C30H34N4O3/c1-27-8-9-28(16-31)13-21-25(35)26(36)23(34(2)3)14-29(21)10-11-30(28,37-29)24(27)7-6-20(27)18-4-5-19-15-32-17-33-22(19)12-18/h4-6,12-13,15,17,23-26,35-36H,7-11,14H2,1-3H3/t23-,24?,25+,26+,27+,28?,29+,30-/m0/s1. The number of aliphatic hydroxyl groups is 2. The Bertz CT molecular complexity index is 1410. The van der Waals surface area contributed by atoms with Gasteiger partial charge in [0.15, 0.2) is 0 Å². The second kappa shape index (κ2) is 7.48. The lowest BCUT2D eigenvalue weighted by Gasteiger charge is -2.61. The average Bonchev–Trinajstić information content (AvgIpc) is 3.42. The predicted molar refractivity (Wildman–Crippen MR) is 139 cm³/mol. The number of nitriles is 1. The minimum Gasteiger partial charge on any atom is -0.388 e. The summed E-state index contributed by atoms with van der Waals surface area (Å²) < 4.78 is 7.26. The van der Waals surface area contributed by atoms with Gasteiger partial charge in [-0.25, -0.2) is 9.97 Å². The number of nitrogens with zero attached hydrogens (tertiary/aromatic N) is 4. The largest absolute Gasteiger partial charge is 0.388 e. The summed E-state index contributed by atoms with van der Waals surface area (Å²) in [5.41, 5.74) is 1.99. The Hall–Kier alpha value is -2.63. The summed E-state index contributed by atoms with van der Waals surface area (Å²) in [7, 11) is 3.89. The lowest BCUT2D eigenvalue weighted by Crippen LogP contribution is -2.66. The highest BCUT2D eigenvalue weighted by Crippen LogP contribution is 2.72. The lowest BCUT2D eigenvalue weighted by atomic mass is 9.49. The molecule has 37 heavy (non-hydrogen) atoms. The Morgan fingerprint density at radius 1 is 1.16 bits per heavy atom. The third-order valence-corrected chi connectivity index (χ3v) is 10.8. The van der Waals surface area contributed by atoms with E-state index in [1.54, 1.807) is 6.33 Å². The van der Waals surface area contributed by atoms with Gasteiger partial charge in [0.05, 0.1) is 28.9 Å². The van der Waals surface area contributed by atoms with Crippen LogP contribution < -0.4 is 0 Å². The van der Waals surface area contributed by atoms with Crippen LogP contribution in [0, 0.1) is 28.1 Å². The van der Waals surface area contributed by atoms with Gasteiger partial charge in [0.25, 0.3) is 0 Å². The van der Waals surface area contributed by atoms with Crippen LogP contribution in [0.1, 0.15) is 51.0 Å². The summed E-state index contributed by atoms with van der Waals surface area (Å²) in [5.74, 6) is 0.156. The summed E-state index contributed by atoms with van der Waals surface area (Å²) in [6.07, 6.45) is 10.5. The van der Waals surface area contributed by atoms with E-state index in [9.17, 15) is 15.5 Å². The van der Waals surface area contributed by atoms with Crippen molar-refractivity contribution in [2.45, 2.75) is 74.9 Å². The molecule has 5 aliphatic rings. The van der Waals surface area contributed by atoms with Crippen LogP contribution in [0.5, 0.6) is 0 Å². The predicted octanol–water partition coefficient (Wildman–Crippen LogP) is 3.63. The number of benzene rings is 1. The zero-order chi connectivity index (χ0) is 25.8. The third kappa shape index (κ3) is 2.80. The van der Waals surface area contributed by atoms with E-state index in [0.29, 0.717) is 12.8 Å². The molecule has 3 fully saturated rings. The Morgan fingerprint density at radius 3 is 2.78 bits per heavy atom. The van der Waals surface area contributed by atoms with Crippen LogP contribution in [0.4, 0.5) is 0 Å². The van der Waals surface area contributed by atoms with Gasteiger partial charge in [-0.15, -0.1) is 0 Å². The molecule has 2 spiro atoms. The van der Waals surface area contributed by atoms with Gasteiger partial charge in [-0.05, 0) is 80.8 Å². The van der Waals surface area contributed by atoms with Gasteiger partial charge in [-0.2, -0.15) is 5.26 Å². The summed E-state index contributed by atoms with van der Waals surface area (Å²) in [6.45, 7) is 2.35. The van der Waals surface area contributed by atoms with Crippen molar-refractivity contribution in [1.29, 1.82) is 5.26 Å². The molecule has 7 heteroatoms. The number of aliphatic hydroxyl groups excluding tert-OH is 2. The van der Waals surface area contributed by atoms with Crippen molar-refractivity contribution in [3.8, 4) is 6.07 Å². The zero-order valence-electron chi connectivity index (χ0n) is 21.7. The quantitative estimate of drug-likeness (QED) is 0.610. The summed E-state index contributed by atoms with van der Waals surface area (Å²) in [4.78, 5) is 10.6. The molecule has 3 aliphatic carbocycles. The molecule has 8 atom stereocenters. The third-order valence-electron chi connectivity index (χ3n) is 10.8. The molecule has 1 saturated heterocycles. The first-order chi connectivity index (χ1) is 17.7. The Kier molecular flexibility index (Phi) is 4.75. The zero-order valence-corrected chi connectivity index (χ0v) is 21.7. The van der Waals surface area contributed by atoms with Gasteiger partial charge in [-0.3, -0.25) is 0 Å². The van der Waals surface area contributed by atoms with Gasteiger partial charge < -0.3 is 19.8 Å². The fourth-order valence-electron chi connectivity index (χ4n) is 8.83. The van der Waals surface area contributed by atoms with Gasteiger partial charge in [0, 0.05) is 23.5 Å². The van der Waals surface area contributed by atoms with E-state index in [0.717, 1.165) is 42.2 Å². The second-order valence-electron chi connectivity index (χ2n) is 12.5. The highest BCUT2D eigenvalue weighted by Gasteiger charge is 2.74. The number of hydrogen-bond acceptors (Lipinski definition) is 7. The molecule has 2 unspecified atom stereocenters. The molecule has 2 N–H and O–H groups in total. The smallest absolute Gasteiger partial charge is 0.116 e. The maximum atomic E-state index is 11.3.